The summed E-state index contributed by atoms with van der Waals surface area (Å²) in [6.07, 6.45) is 0.444. The van der Waals surface area contributed by atoms with Gasteiger partial charge in [0.2, 0.25) is 0 Å². The van der Waals surface area contributed by atoms with Crippen molar-refractivity contribution >= 4 is 17.4 Å². The lowest BCUT2D eigenvalue weighted by Crippen LogP contribution is -2.21. The lowest BCUT2D eigenvalue weighted by atomic mass is 10.1. The molecule has 16 heavy (non-hydrogen) atoms. The van der Waals surface area contributed by atoms with E-state index in [0.717, 1.165) is 0 Å². The number of rotatable bonds is 3. The first-order chi connectivity index (χ1) is 7.63. The smallest absolute Gasteiger partial charge is 0.288 e. The van der Waals surface area contributed by atoms with Gasteiger partial charge in [0.25, 0.3) is 5.76 Å². The topological polar surface area (TPSA) is 23.5 Å². The quantitative estimate of drug-likeness (QED) is 0.832. The van der Waals surface area contributed by atoms with E-state index >= 15 is 0 Å². The highest BCUT2D eigenvalue weighted by Crippen LogP contribution is 2.40. The van der Waals surface area contributed by atoms with E-state index in [1.165, 1.54) is 17.0 Å². The fourth-order valence-corrected chi connectivity index (χ4v) is 2.57. The van der Waals surface area contributed by atoms with Crippen LogP contribution in [0.3, 0.4) is 0 Å². The van der Waals surface area contributed by atoms with Gasteiger partial charge in [-0.3, -0.25) is 0 Å². The molecule has 0 aromatic heterocycles. The van der Waals surface area contributed by atoms with Crippen molar-refractivity contribution in [3.8, 4) is 0 Å². The summed E-state index contributed by atoms with van der Waals surface area (Å²) in [6, 6.07) is 2.53. The fraction of sp³-hybridized carbons (Fsp3) is 0.400. The van der Waals surface area contributed by atoms with Crippen LogP contribution >= 0.6 is 11.8 Å². The van der Waals surface area contributed by atoms with Gasteiger partial charge in [0.15, 0.2) is 0 Å². The molecule has 2 nitrogen and oxygen atoms in total. The minimum atomic E-state index is -2.55. The average Bonchev–Trinajstić information content (AvgIpc) is 2.66. The lowest BCUT2D eigenvalue weighted by Gasteiger charge is -2.18. The lowest BCUT2D eigenvalue weighted by molar-refractivity contribution is 0.252. The van der Waals surface area contributed by atoms with Crippen molar-refractivity contribution in [3.63, 3.8) is 0 Å². The molecule has 0 unspecified atom stereocenters. The molecule has 0 aliphatic carbocycles. The zero-order chi connectivity index (χ0) is 11.7. The summed E-state index contributed by atoms with van der Waals surface area (Å²) < 4.78 is 38.0. The molecule has 0 atom stereocenters. The van der Waals surface area contributed by atoms with Crippen molar-refractivity contribution in [2.75, 3.05) is 18.2 Å². The molecule has 0 radical (unpaired) electrons. The highest BCUT2D eigenvalue weighted by molar-refractivity contribution is 7.99. The van der Waals surface area contributed by atoms with E-state index in [0.29, 0.717) is 40.9 Å². The van der Waals surface area contributed by atoms with E-state index in [1.807, 2.05) is 0 Å². The maximum absolute atomic E-state index is 13.4. The molecule has 6 heteroatoms. The molecule has 0 saturated heterocycles. The third-order valence-electron chi connectivity index (χ3n) is 2.52. The first kappa shape index (κ1) is 11.6. The molecular formula is C10H10F3NOS. The van der Waals surface area contributed by atoms with Crippen molar-refractivity contribution in [1.82, 2.24) is 0 Å². The van der Waals surface area contributed by atoms with Crippen LogP contribution in [-0.4, -0.2) is 24.1 Å². The van der Waals surface area contributed by atoms with Gasteiger partial charge in [-0.15, -0.1) is 0 Å². The van der Waals surface area contributed by atoms with Crippen LogP contribution in [0.15, 0.2) is 17.0 Å². The maximum Gasteiger partial charge on any atom is 0.288 e. The normalized spacial score (nSPS) is 14.7. The zero-order valence-electron chi connectivity index (χ0n) is 8.29. The summed E-state index contributed by atoms with van der Waals surface area (Å²) >= 11 is 0.379. The van der Waals surface area contributed by atoms with Gasteiger partial charge in [0.1, 0.15) is 12.5 Å². The van der Waals surface area contributed by atoms with Gasteiger partial charge in [-0.2, -0.15) is 8.78 Å². The third-order valence-corrected chi connectivity index (χ3v) is 3.28. The zero-order valence-corrected chi connectivity index (χ0v) is 9.11. The molecule has 0 fully saturated rings. The van der Waals surface area contributed by atoms with Crippen molar-refractivity contribution in [2.45, 2.75) is 17.1 Å². The molecule has 88 valence electrons. The van der Waals surface area contributed by atoms with Crippen molar-refractivity contribution in [2.24, 2.45) is 0 Å². The standard InChI is InChI=1S/C10H10F3NOS/c11-7-1-2-8(16-10(12)13)9-6(7)3-4-14(9)5-15/h1-2,10,15H,3-5H2. The van der Waals surface area contributed by atoms with E-state index < -0.39 is 11.6 Å². The molecule has 1 N–H and O–H groups in total. The predicted octanol–water partition coefficient (Wildman–Crippen LogP) is 2.45. The maximum atomic E-state index is 13.4. The summed E-state index contributed by atoms with van der Waals surface area (Å²) in [6.45, 7) is 0.177. The summed E-state index contributed by atoms with van der Waals surface area (Å²) in [5.41, 5.74) is 0.826. The molecule has 1 aromatic carbocycles. The van der Waals surface area contributed by atoms with Gasteiger partial charge in [0.05, 0.1) is 5.69 Å². The highest BCUT2D eigenvalue weighted by Gasteiger charge is 2.26. The second kappa shape index (κ2) is 4.55. The number of anilines is 1. The Bertz CT molecular complexity index is 400. The number of benzene rings is 1. The molecule has 0 bridgehead atoms. The molecule has 1 aliphatic heterocycles. The summed E-state index contributed by atoms with van der Waals surface area (Å²) in [7, 11) is 0. The van der Waals surface area contributed by atoms with Gasteiger partial charge in [-0.1, -0.05) is 11.8 Å². The van der Waals surface area contributed by atoms with Gasteiger partial charge >= 0.3 is 0 Å². The number of aliphatic hydroxyl groups excluding tert-OH is 1. The van der Waals surface area contributed by atoms with Crippen molar-refractivity contribution in [1.29, 1.82) is 0 Å². The van der Waals surface area contributed by atoms with Crippen molar-refractivity contribution in [3.05, 3.63) is 23.5 Å². The Kier molecular flexibility index (Phi) is 3.30. The van der Waals surface area contributed by atoms with Crippen LogP contribution in [0.1, 0.15) is 5.56 Å². The van der Waals surface area contributed by atoms with Crippen LogP contribution in [0.25, 0.3) is 0 Å². The molecule has 2 rings (SSSR count). The Morgan fingerprint density at radius 2 is 2.19 bits per heavy atom. The van der Waals surface area contributed by atoms with Gasteiger partial charge in [0, 0.05) is 17.0 Å². The van der Waals surface area contributed by atoms with E-state index in [4.69, 9.17) is 5.11 Å². The number of halogens is 3. The van der Waals surface area contributed by atoms with E-state index in [2.05, 4.69) is 0 Å². The van der Waals surface area contributed by atoms with Gasteiger partial charge < -0.3 is 10.0 Å². The number of aliphatic hydroxyl groups is 1. The first-order valence-electron chi connectivity index (χ1n) is 4.75. The summed E-state index contributed by atoms with van der Waals surface area (Å²) in [5.74, 6) is -2.94. The second-order valence-electron chi connectivity index (χ2n) is 3.41. The number of hydrogen-bond donors (Lipinski definition) is 1. The molecular weight excluding hydrogens is 239 g/mol. The van der Waals surface area contributed by atoms with E-state index in [-0.39, 0.29) is 6.73 Å². The Morgan fingerprint density at radius 3 is 2.81 bits per heavy atom. The Balaban J connectivity index is 2.43. The number of hydrogen-bond acceptors (Lipinski definition) is 3. The number of fused-ring (bicyclic) bond motifs is 1. The molecule has 1 heterocycles. The Morgan fingerprint density at radius 1 is 1.44 bits per heavy atom. The third kappa shape index (κ3) is 1.99. The minimum Gasteiger partial charge on any atom is -0.376 e. The SMILES string of the molecule is OCN1CCc2c(F)ccc(SC(F)F)c21. The Hall–Kier alpha value is -0.880. The average molecular weight is 249 g/mol. The predicted molar refractivity (Wildman–Crippen MR) is 56.4 cm³/mol. The van der Waals surface area contributed by atoms with E-state index in [1.54, 1.807) is 0 Å². The molecule has 0 amide bonds. The van der Waals surface area contributed by atoms with Crippen LogP contribution in [-0.2, 0) is 6.42 Å². The van der Waals surface area contributed by atoms with Crippen molar-refractivity contribution < 1.29 is 18.3 Å². The molecule has 1 aromatic rings. The monoisotopic (exact) mass is 249 g/mol. The highest BCUT2D eigenvalue weighted by atomic mass is 32.2. The largest absolute Gasteiger partial charge is 0.376 e. The summed E-state index contributed by atoms with van der Waals surface area (Å²) in [5, 5.41) is 9.07. The van der Waals surface area contributed by atoms with Crippen LogP contribution in [0.4, 0.5) is 18.9 Å². The summed E-state index contributed by atoms with van der Waals surface area (Å²) in [4.78, 5) is 1.82. The molecule has 0 spiro atoms. The number of alkyl halides is 2. The van der Waals surface area contributed by atoms with Crippen LogP contribution < -0.4 is 4.90 Å². The van der Waals surface area contributed by atoms with Crippen LogP contribution in [0.2, 0.25) is 0 Å². The minimum absolute atomic E-state index is 0.284. The van der Waals surface area contributed by atoms with Crippen LogP contribution in [0.5, 0.6) is 0 Å². The first-order valence-corrected chi connectivity index (χ1v) is 5.63. The molecule has 1 aliphatic rings. The Labute approximate surface area is 95.1 Å². The van der Waals surface area contributed by atoms with E-state index in [9.17, 15) is 13.2 Å². The second-order valence-corrected chi connectivity index (χ2v) is 4.44. The van der Waals surface area contributed by atoms with Crippen LogP contribution in [0, 0.1) is 5.82 Å². The van der Waals surface area contributed by atoms with Gasteiger partial charge in [-0.25, -0.2) is 4.39 Å². The van der Waals surface area contributed by atoms with Gasteiger partial charge in [-0.05, 0) is 18.6 Å². The fourth-order valence-electron chi connectivity index (χ4n) is 1.87. The molecule has 0 saturated carbocycles. The number of thioether (sulfide) groups is 1. The number of nitrogens with zero attached hydrogens (tertiary/aromatic N) is 1.